The van der Waals surface area contributed by atoms with E-state index in [0.29, 0.717) is 49.5 Å². The molecule has 1 fully saturated rings. The Hall–Kier alpha value is -3.04. The molecule has 0 spiro atoms. The number of ether oxygens (including phenoxy) is 1. The first kappa shape index (κ1) is 20.2. The van der Waals surface area contributed by atoms with Crippen molar-refractivity contribution in [2.24, 2.45) is 0 Å². The van der Waals surface area contributed by atoms with Crippen LogP contribution in [-0.4, -0.2) is 48.9 Å². The maximum atomic E-state index is 13.1. The van der Waals surface area contributed by atoms with Gasteiger partial charge < -0.3 is 9.64 Å². The van der Waals surface area contributed by atoms with Crippen LogP contribution in [-0.2, 0) is 10.0 Å². The second-order valence-electron chi connectivity index (χ2n) is 6.87. The highest BCUT2D eigenvalue weighted by atomic mass is 32.2. The third-order valence-electron chi connectivity index (χ3n) is 4.78. The van der Waals surface area contributed by atoms with Crippen molar-refractivity contribution in [3.05, 3.63) is 72.3 Å². The van der Waals surface area contributed by atoms with E-state index in [-0.39, 0.29) is 4.90 Å². The molecule has 1 saturated heterocycles. The third-order valence-corrected chi connectivity index (χ3v) is 6.69. The molecular formula is C21H21FN4O3S. The number of hydrogen-bond donors (Lipinski definition) is 0. The van der Waals surface area contributed by atoms with Gasteiger partial charge >= 0.3 is 0 Å². The first-order valence-corrected chi connectivity index (χ1v) is 10.9. The fourth-order valence-electron chi connectivity index (χ4n) is 3.26. The van der Waals surface area contributed by atoms with Gasteiger partial charge in [-0.2, -0.15) is 9.29 Å². The van der Waals surface area contributed by atoms with Crippen LogP contribution < -0.4 is 9.64 Å². The van der Waals surface area contributed by atoms with Crippen LogP contribution in [0.5, 0.6) is 11.6 Å². The molecule has 2 heterocycles. The van der Waals surface area contributed by atoms with Gasteiger partial charge in [0.2, 0.25) is 15.9 Å². The highest BCUT2D eigenvalue weighted by molar-refractivity contribution is 7.89. The lowest BCUT2D eigenvalue weighted by Crippen LogP contribution is -2.49. The van der Waals surface area contributed by atoms with E-state index in [1.165, 1.54) is 16.4 Å². The van der Waals surface area contributed by atoms with Gasteiger partial charge in [-0.05, 0) is 43.3 Å². The molecular weight excluding hydrogens is 407 g/mol. The Labute approximate surface area is 174 Å². The van der Waals surface area contributed by atoms with Crippen LogP contribution in [0.3, 0.4) is 0 Å². The van der Waals surface area contributed by atoms with E-state index in [1.807, 2.05) is 35.2 Å². The number of piperazine rings is 1. The van der Waals surface area contributed by atoms with E-state index < -0.39 is 15.8 Å². The predicted molar refractivity (Wildman–Crippen MR) is 111 cm³/mol. The van der Waals surface area contributed by atoms with E-state index in [4.69, 9.17) is 4.74 Å². The molecule has 0 radical (unpaired) electrons. The number of aromatic nitrogens is 2. The van der Waals surface area contributed by atoms with Gasteiger partial charge in [-0.25, -0.2) is 17.8 Å². The number of anilines is 1. The van der Waals surface area contributed by atoms with E-state index in [2.05, 4.69) is 9.97 Å². The molecule has 9 heteroatoms. The Morgan fingerprint density at radius 1 is 0.933 bits per heavy atom. The molecule has 1 aliphatic heterocycles. The minimum absolute atomic E-state index is 0.0915. The lowest BCUT2D eigenvalue weighted by molar-refractivity contribution is 0.383. The van der Waals surface area contributed by atoms with Gasteiger partial charge in [0.1, 0.15) is 23.2 Å². The normalized spacial score (nSPS) is 15.2. The van der Waals surface area contributed by atoms with Crippen LogP contribution in [0.1, 0.15) is 5.82 Å². The Morgan fingerprint density at radius 3 is 2.27 bits per heavy atom. The number of aryl methyl sites for hydroxylation is 1. The molecule has 0 atom stereocenters. The van der Waals surface area contributed by atoms with Crippen LogP contribution in [0.2, 0.25) is 0 Å². The van der Waals surface area contributed by atoms with Crippen molar-refractivity contribution in [1.82, 2.24) is 14.3 Å². The van der Waals surface area contributed by atoms with E-state index in [0.717, 1.165) is 12.1 Å². The number of benzene rings is 2. The molecule has 1 aliphatic rings. The first-order valence-electron chi connectivity index (χ1n) is 9.51. The number of sulfonamides is 1. The zero-order chi connectivity index (χ0) is 21.1. The summed E-state index contributed by atoms with van der Waals surface area (Å²) in [6.45, 7) is 3.34. The Kier molecular flexibility index (Phi) is 5.65. The van der Waals surface area contributed by atoms with Crippen molar-refractivity contribution >= 4 is 15.8 Å². The topological polar surface area (TPSA) is 75.6 Å². The fourth-order valence-corrected chi connectivity index (χ4v) is 4.68. The molecule has 2 aromatic carbocycles. The summed E-state index contributed by atoms with van der Waals surface area (Å²) in [6, 6.07) is 16.0. The maximum absolute atomic E-state index is 13.1. The number of hydrogen-bond acceptors (Lipinski definition) is 6. The van der Waals surface area contributed by atoms with E-state index in [9.17, 15) is 12.8 Å². The molecule has 0 N–H and O–H groups in total. The van der Waals surface area contributed by atoms with Gasteiger partial charge in [0.15, 0.2) is 0 Å². The molecule has 0 amide bonds. The smallest absolute Gasteiger partial charge is 0.243 e. The first-order chi connectivity index (χ1) is 14.4. The average molecular weight is 428 g/mol. The summed E-state index contributed by atoms with van der Waals surface area (Å²) in [5, 5.41) is 0. The van der Waals surface area contributed by atoms with Crippen molar-refractivity contribution in [3.63, 3.8) is 0 Å². The van der Waals surface area contributed by atoms with Crippen LogP contribution in [0.4, 0.5) is 10.2 Å². The zero-order valence-electron chi connectivity index (χ0n) is 16.4. The van der Waals surface area contributed by atoms with E-state index >= 15 is 0 Å². The Bertz CT molecular complexity index is 1120. The zero-order valence-corrected chi connectivity index (χ0v) is 17.2. The quantitative estimate of drug-likeness (QED) is 0.621. The van der Waals surface area contributed by atoms with Gasteiger partial charge in [0.25, 0.3) is 0 Å². The van der Waals surface area contributed by atoms with Crippen molar-refractivity contribution in [2.75, 3.05) is 31.1 Å². The molecule has 0 bridgehead atoms. The van der Waals surface area contributed by atoms with Crippen molar-refractivity contribution in [2.45, 2.75) is 11.8 Å². The van der Waals surface area contributed by atoms with Crippen molar-refractivity contribution in [1.29, 1.82) is 0 Å². The minimum atomic E-state index is -3.66. The van der Waals surface area contributed by atoms with Gasteiger partial charge in [0.05, 0.1) is 4.90 Å². The molecule has 4 rings (SSSR count). The third kappa shape index (κ3) is 4.42. The summed E-state index contributed by atoms with van der Waals surface area (Å²) in [7, 11) is -3.66. The lowest BCUT2D eigenvalue weighted by atomic mass is 10.3. The van der Waals surface area contributed by atoms with Crippen molar-refractivity contribution in [3.8, 4) is 11.6 Å². The summed E-state index contributed by atoms with van der Waals surface area (Å²) >= 11 is 0. The highest BCUT2D eigenvalue weighted by Gasteiger charge is 2.29. The maximum Gasteiger partial charge on any atom is 0.243 e. The van der Waals surface area contributed by atoms with Gasteiger partial charge in [0, 0.05) is 32.2 Å². The number of para-hydroxylation sites is 1. The summed E-state index contributed by atoms with van der Waals surface area (Å²) in [6.07, 6.45) is 0. The van der Waals surface area contributed by atoms with Gasteiger partial charge in [-0.15, -0.1) is 0 Å². The van der Waals surface area contributed by atoms with E-state index in [1.54, 1.807) is 13.0 Å². The van der Waals surface area contributed by atoms with Crippen molar-refractivity contribution < 1.29 is 17.5 Å². The predicted octanol–water partition coefficient (Wildman–Crippen LogP) is 3.23. The minimum Gasteiger partial charge on any atom is -0.439 e. The largest absolute Gasteiger partial charge is 0.439 e. The number of rotatable bonds is 5. The molecule has 0 aliphatic carbocycles. The monoisotopic (exact) mass is 428 g/mol. The molecule has 0 unspecified atom stereocenters. The highest BCUT2D eigenvalue weighted by Crippen LogP contribution is 2.25. The fraction of sp³-hybridized carbons (Fsp3) is 0.238. The molecule has 30 heavy (non-hydrogen) atoms. The molecule has 7 nitrogen and oxygen atoms in total. The molecule has 3 aromatic rings. The average Bonchev–Trinajstić information content (AvgIpc) is 2.74. The Morgan fingerprint density at radius 2 is 1.60 bits per heavy atom. The SMILES string of the molecule is Cc1nc(Oc2ccccc2)cc(N2CCN(S(=O)(=O)c3ccc(F)cc3)CC2)n1. The summed E-state index contributed by atoms with van der Waals surface area (Å²) in [5.74, 6) is 1.90. The molecule has 1 aromatic heterocycles. The van der Waals surface area contributed by atoms with Crippen LogP contribution in [0, 0.1) is 12.7 Å². The number of halogens is 1. The van der Waals surface area contributed by atoms with Crippen LogP contribution >= 0.6 is 0 Å². The van der Waals surface area contributed by atoms with Crippen LogP contribution in [0.15, 0.2) is 65.6 Å². The van der Waals surface area contributed by atoms with Gasteiger partial charge in [-0.3, -0.25) is 0 Å². The molecule has 156 valence electrons. The lowest BCUT2D eigenvalue weighted by Gasteiger charge is -2.34. The Balaban J connectivity index is 1.47. The summed E-state index contributed by atoms with van der Waals surface area (Å²) < 4.78 is 45.9. The van der Waals surface area contributed by atoms with Gasteiger partial charge in [-0.1, -0.05) is 18.2 Å². The number of nitrogens with zero attached hydrogens (tertiary/aromatic N) is 4. The summed E-state index contributed by atoms with van der Waals surface area (Å²) in [4.78, 5) is 10.9. The second kappa shape index (κ2) is 8.37. The molecule has 0 saturated carbocycles. The van der Waals surface area contributed by atoms with Crippen LogP contribution in [0.25, 0.3) is 0 Å². The standard InChI is InChI=1S/C21H21FN4O3S/c1-16-23-20(15-21(24-16)29-18-5-3-2-4-6-18)25-11-13-26(14-12-25)30(27,28)19-9-7-17(22)8-10-19/h2-10,15H,11-14H2,1H3. The second-order valence-corrected chi connectivity index (χ2v) is 8.81. The summed E-state index contributed by atoms with van der Waals surface area (Å²) in [5.41, 5.74) is 0.